The molecule has 0 bridgehead atoms. The average molecular weight is 414 g/mol. The fourth-order valence-corrected chi connectivity index (χ4v) is 3.54. The van der Waals surface area contributed by atoms with Crippen molar-refractivity contribution in [3.05, 3.63) is 93.4 Å². The summed E-state index contributed by atoms with van der Waals surface area (Å²) >= 11 is 9.87. The maximum atomic E-state index is 13.2. The van der Waals surface area contributed by atoms with Gasteiger partial charge in [-0.25, -0.2) is 0 Å². The Labute approximate surface area is 159 Å². The maximum absolute atomic E-state index is 13.2. The Morgan fingerprint density at radius 1 is 0.920 bits per heavy atom. The van der Waals surface area contributed by atoms with Gasteiger partial charge in [0.1, 0.15) is 6.17 Å². The molecule has 0 unspecified atom stereocenters. The molecule has 0 aromatic heterocycles. The van der Waals surface area contributed by atoms with Crippen molar-refractivity contribution < 1.29 is 4.79 Å². The van der Waals surface area contributed by atoms with Gasteiger partial charge in [-0.2, -0.15) is 0 Å². The number of fused-ring (bicyclic) bond motifs is 1. The van der Waals surface area contributed by atoms with E-state index in [2.05, 4.69) is 21.2 Å². The Hall–Kier alpha value is -2.30. The van der Waals surface area contributed by atoms with E-state index in [0.717, 1.165) is 21.4 Å². The highest BCUT2D eigenvalue weighted by Crippen LogP contribution is 2.38. The number of amides is 1. The van der Waals surface area contributed by atoms with Crippen LogP contribution in [0.15, 0.2) is 77.3 Å². The number of nitrogens with zero attached hydrogens (tertiary/aromatic N) is 1. The first-order valence-corrected chi connectivity index (χ1v) is 9.01. The molecule has 3 aromatic carbocycles. The zero-order valence-electron chi connectivity index (χ0n) is 13.1. The third kappa shape index (κ3) is 2.92. The highest BCUT2D eigenvalue weighted by molar-refractivity contribution is 9.10. The van der Waals surface area contributed by atoms with Gasteiger partial charge in [0, 0.05) is 26.4 Å². The molecule has 0 saturated carbocycles. The van der Waals surface area contributed by atoms with Gasteiger partial charge in [0.15, 0.2) is 0 Å². The zero-order chi connectivity index (χ0) is 17.4. The summed E-state index contributed by atoms with van der Waals surface area (Å²) in [5.41, 5.74) is 3.12. The van der Waals surface area contributed by atoms with Crippen molar-refractivity contribution in [1.82, 2.24) is 0 Å². The van der Waals surface area contributed by atoms with E-state index >= 15 is 0 Å². The highest BCUT2D eigenvalue weighted by atomic mass is 79.9. The number of benzene rings is 3. The van der Waals surface area contributed by atoms with Crippen molar-refractivity contribution in [2.24, 2.45) is 0 Å². The number of carbonyl (C=O) groups is 1. The lowest BCUT2D eigenvalue weighted by molar-refractivity contribution is 0.0975. The SMILES string of the molecule is O=C1c2ccccc2N[C@H](c2ccccc2Cl)N1c1ccc(Br)cc1. The molecule has 1 heterocycles. The number of nitrogens with one attached hydrogen (secondary N) is 1. The van der Waals surface area contributed by atoms with Crippen molar-refractivity contribution in [3.63, 3.8) is 0 Å². The van der Waals surface area contributed by atoms with E-state index in [-0.39, 0.29) is 12.1 Å². The van der Waals surface area contributed by atoms with E-state index in [1.807, 2.05) is 72.8 Å². The van der Waals surface area contributed by atoms with Crippen molar-refractivity contribution in [2.75, 3.05) is 10.2 Å². The van der Waals surface area contributed by atoms with Crippen molar-refractivity contribution in [1.29, 1.82) is 0 Å². The van der Waals surface area contributed by atoms with Crippen LogP contribution >= 0.6 is 27.5 Å². The van der Waals surface area contributed by atoms with Crippen LogP contribution in [0.2, 0.25) is 5.02 Å². The summed E-state index contributed by atoms with van der Waals surface area (Å²) in [5.74, 6) is -0.0541. The minimum absolute atomic E-state index is 0.0541. The monoisotopic (exact) mass is 412 g/mol. The van der Waals surface area contributed by atoms with E-state index in [0.29, 0.717) is 10.6 Å². The molecule has 25 heavy (non-hydrogen) atoms. The van der Waals surface area contributed by atoms with Crippen LogP contribution in [0, 0.1) is 0 Å². The number of anilines is 2. The summed E-state index contributed by atoms with van der Waals surface area (Å²) in [6, 6.07) is 22.8. The van der Waals surface area contributed by atoms with E-state index in [1.165, 1.54) is 0 Å². The van der Waals surface area contributed by atoms with Crippen LogP contribution in [0.1, 0.15) is 22.1 Å². The molecule has 1 amide bonds. The van der Waals surface area contributed by atoms with Crippen LogP contribution in [0.25, 0.3) is 0 Å². The average Bonchev–Trinajstić information content (AvgIpc) is 2.63. The Morgan fingerprint density at radius 2 is 1.60 bits per heavy atom. The van der Waals surface area contributed by atoms with Gasteiger partial charge in [0.05, 0.1) is 5.56 Å². The number of hydrogen-bond acceptors (Lipinski definition) is 2. The second kappa shape index (κ2) is 6.54. The summed E-state index contributed by atoms with van der Waals surface area (Å²) in [6.45, 7) is 0. The van der Waals surface area contributed by atoms with Crippen LogP contribution in [0.5, 0.6) is 0 Å². The molecule has 4 rings (SSSR count). The summed E-state index contributed by atoms with van der Waals surface area (Å²) < 4.78 is 0.961. The van der Waals surface area contributed by atoms with E-state index in [4.69, 9.17) is 11.6 Å². The first-order chi connectivity index (χ1) is 12.1. The minimum Gasteiger partial charge on any atom is -0.360 e. The standard InChI is InChI=1S/C20H14BrClN2O/c21-13-9-11-14(12-10-13)24-19(15-5-1-3-7-17(15)22)23-18-8-4-2-6-16(18)20(24)25/h1-12,19,23H/t19-/m0/s1. The topological polar surface area (TPSA) is 32.3 Å². The molecule has 0 spiro atoms. The molecule has 124 valence electrons. The fourth-order valence-electron chi connectivity index (χ4n) is 3.04. The lowest BCUT2D eigenvalue weighted by Crippen LogP contribution is -2.43. The molecule has 3 aromatic rings. The second-order valence-corrected chi connectivity index (χ2v) is 7.09. The van der Waals surface area contributed by atoms with Gasteiger partial charge >= 0.3 is 0 Å². The maximum Gasteiger partial charge on any atom is 0.262 e. The lowest BCUT2D eigenvalue weighted by Gasteiger charge is -2.38. The highest BCUT2D eigenvalue weighted by Gasteiger charge is 2.34. The first-order valence-electron chi connectivity index (χ1n) is 7.84. The molecule has 0 radical (unpaired) electrons. The lowest BCUT2D eigenvalue weighted by atomic mass is 10.0. The molecular weight excluding hydrogens is 400 g/mol. The Balaban J connectivity index is 1.89. The quantitative estimate of drug-likeness (QED) is 0.569. The van der Waals surface area contributed by atoms with E-state index in [9.17, 15) is 4.79 Å². The summed E-state index contributed by atoms with van der Waals surface area (Å²) in [4.78, 5) is 15.0. The van der Waals surface area contributed by atoms with Gasteiger partial charge in [-0.15, -0.1) is 0 Å². The van der Waals surface area contributed by atoms with Crippen LogP contribution < -0.4 is 10.2 Å². The van der Waals surface area contributed by atoms with Gasteiger partial charge in [0.25, 0.3) is 5.91 Å². The normalized spacial score (nSPS) is 16.3. The Morgan fingerprint density at radius 3 is 2.36 bits per heavy atom. The summed E-state index contributed by atoms with van der Waals surface area (Å²) in [7, 11) is 0. The zero-order valence-corrected chi connectivity index (χ0v) is 15.5. The fraction of sp³-hybridized carbons (Fsp3) is 0.0500. The predicted molar refractivity (Wildman–Crippen MR) is 105 cm³/mol. The summed E-state index contributed by atoms with van der Waals surface area (Å²) in [6.07, 6.45) is -0.378. The molecule has 5 heteroatoms. The molecule has 1 N–H and O–H groups in total. The Bertz CT molecular complexity index is 942. The number of rotatable bonds is 2. The third-order valence-electron chi connectivity index (χ3n) is 4.23. The van der Waals surface area contributed by atoms with Gasteiger partial charge in [-0.05, 0) is 42.5 Å². The molecular formula is C20H14BrClN2O. The van der Waals surface area contributed by atoms with Crippen molar-refractivity contribution in [3.8, 4) is 0 Å². The second-order valence-electron chi connectivity index (χ2n) is 5.77. The number of halogens is 2. The van der Waals surface area contributed by atoms with Crippen LogP contribution in [0.4, 0.5) is 11.4 Å². The van der Waals surface area contributed by atoms with Crippen LogP contribution in [-0.2, 0) is 0 Å². The molecule has 3 nitrogen and oxygen atoms in total. The molecule has 0 fully saturated rings. The Kier molecular flexibility index (Phi) is 4.24. The van der Waals surface area contributed by atoms with Gasteiger partial charge in [-0.1, -0.05) is 57.9 Å². The van der Waals surface area contributed by atoms with Gasteiger partial charge in [0.2, 0.25) is 0 Å². The van der Waals surface area contributed by atoms with Crippen molar-refractivity contribution >= 4 is 44.8 Å². The minimum atomic E-state index is -0.378. The smallest absolute Gasteiger partial charge is 0.262 e. The van der Waals surface area contributed by atoms with E-state index < -0.39 is 0 Å². The number of hydrogen-bond donors (Lipinski definition) is 1. The molecule has 1 aliphatic heterocycles. The number of carbonyl (C=O) groups excluding carboxylic acids is 1. The first kappa shape index (κ1) is 16.2. The molecule has 1 atom stereocenters. The van der Waals surface area contributed by atoms with E-state index in [1.54, 1.807) is 4.90 Å². The van der Waals surface area contributed by atoms with Crippen LogP contribution in [-0.4, -0.2) is 5.91 Å². The largest absolute Gasteiger partial charge is 0.360 e. The third-order valence-corrected chi connectivity index (χ3v) is 5.10. The molecule has 1 aliphatic rings. The van der Waals surface area contributed by atoms with Gasteiger partial charge in [-0.3, -0.25) is 9.69 Å². The number of para-hydroxylation sites is 1. The summed E-state index contributed by atoms with van der Waals surface area (Å²) in [5, 5.41) is 4.08. The van der Waals surface area contributed by atoms with Crippen molar-refractivity contribution in [2.45, 2.75) is 6.17 Å². The molecule has 0 aliphatic carbocycles. The predicted octanol–water partition coefficient (Wildman–Crippen LogP) is 5.87. The van der Waals surface area contributed by atoms with Crippen LogP contribution in [0.3, 0.4) is 0 Å². The molecule has 0 saturated heterocycles. The van der Waals surface area contributed by atoms with Gasteiger partial charge < -0.3 is 5.32 Å².